The van der Waals surface area contributed by atoms with Gasteiger partial charge in [-0.05, 0) is 31.3 Å². The van der Waals surface area contributed by atoms with Crippen LogP contribution in [0.4, 0.5) is 10.8 Å². The van der Waals surface area contributed by atoms with Crippen molar-refractivity contribution in [3.05, 3.63) is 34.8 Å². The second kappa shape index (κ2) is 9.49. The number of carbonyl (C=O) groups excluding carboxylic acids is 2. The van der Waals surface area contributed by atoms with Crippen LogP contribution in [-0.4, -0.2) is 67.6 Å². The summed E-state index contributed by atoms with van der Waals surface area (Å²) >= 11 is 1.49. The summed E-state index contributed by atoms with van der Waals surface area (Å²) in [6, 6.07) is 6.28. The molecular weight excluding hydrogens is 462 g/mol. The monoisotopic (exact) mass is 491 g/mol. The third-order valence-corrected chi connectivity index (χ3v) is 9.20. The molecule has 11 heteroatoms. The summed E-state index contributed by atoms with van der Waals surface area (Å²) in [6.07, 6.45) is 0.979. The number of hydrogen-bond acceptors (Lipinski definition) is 7. The Bertz CT molecular complexity index is 1140. The summed E-state index contributed by atoms with van der Waals surface area (Å²) in [5.41, 5.74) is 1.62. The summed E-state index contributed by atoms with van der Waals surface area (Å²) in [4.78, 5) is 35.1. The fourth-order valence-electron chi connectivity index (χ4n) is 4.23. The van der Waals surface area contributed by atoms with Crippen LogP contribution in [0.1, 0.15) is 30.8 Å². The van der Waals surface area contributed by atoms with Crippen molar-refractivity contribution in [2.24, 2.45) is 5.92 Å². The predicted octanol–water partition coefficient (Wildman–Crippen LogP) is 2.15. The number of thiazole rings is 1. The van der Waals surface area contributed by atoms with Gasteiger partial charge in [-0.1, -0.05) is 13.8 Å². The number of aromatic nitrogens is 1. The number of likely N-dealkylation sites (N-methyl/N-ethyl adjacent to an activating group) is 1. The van der Waals surface area contributed by atoms with E-state index >= 15 is 0 Å². The van der Waals surface area contributed by atoms with Gasteiger partial charge in [0.05, 0.1) is 16.5 Å². The average molecular weight is 492 g/mol. The van der Waals surface area contributed by atoms with Crippen LogP contribution in [0, 0.1) is 5.92 Å². The molecule has 0 bridgehead atoms. The molecule has 0 spiro atoms. The van der Waals surface area contributed by atoms with Gasteiger partial charge < -0.3 is 15.1 Å². The minimum Gasteiger partial charge on any atom is -0.312 e. The molecule has 0 saturated carbocycles. The number of anilines is 2. The molecular formula is C22H29N5O4S2. The highest BCUT2D eigenvalue weighted by molar-refractivity contribution is 7.89. The lowest BCUT2D eigenvalue weighted by molar-refractivity contribution is -0.122. The van der Waals surface area contributed by atoms with Crippen LogP contribution < -0.4 is 10.2 Å². The SMILES string of the molecule is CCN(CC)S(=O)(=O)c1ccc(N2C[C@H](C(=O)Nc3nc4c(s3)CN(C)CC4)CC2=O)cc1. The van der Waals surface area contributed by atoms with E-state index < -0.39 is 15.9 Å². The zero-order valence-corrected chi connectivity index (χ0v) is 20.7. The van der Waals surface area contributed by atoms with Crippen molar-refractivity contribution in [3.63, 3.8) is 0 Å². The molecule has 9 nitrogen and oxygen atoms in total. The van der Waals surface area contributed by atoms with Crippen LogP contribution in [0.2, 0.25) is 0 Å². The number of sulfonamides is 1. The van der Waals surface area contributed by atoms with E-state index in [0.29, 0.717) is 23.9 Å². The normalized spacial score (nSPS) is 19.2. The average Bonchev–Trinajstić information content (AvgIpc) is 3.37. The third-order valence-electron chi connectivity index (χ3n) is 6.14. The number of rotatable bonds is 7. The molecule has 178 valence electrons. The van der Waals surface area contributed by atoms with Crippen LogP contribution in [0.5, 0.6) is 0 Å². The molecule has 1 atom stereocenters. The standard InChI is InChI=1S/C22H29N5O4S2/c1-4-26(5-2)33(30,31)17-8-6-16(7-9-17)27-13-15(12-20(27)28)21(29)24-22-23-18-10-11-25(3)14-19(18)32-22/h6-9,15H,4-5,10-14H2,1-3H3,(H,23,24,29)/t15-/m1/s1. The van der Waals surface area contributed by atoms with Crippen molar-refractivity contribution >= 4 is 44.0 Å². The van der Waals surface area contributed by atoms with Gasteiger partial charge in [-0.3, -0.25) is 9.59 Å². The minimum atomic E-state index is -3.56. The van der Waals surface area contributed by atoms with Crippen LogP contribution >= 0.6 is 11.3 Å². The zero-order valence-electron chi connectivity index (χ0n) is 19.1. The van der Waals surface area contributed by atoms with E-state index in [9.17, 15) is 18.0 Å². The Hall–Kier alpha value is -2.34. The molecule has 1 saturated heterocycles. The molecule has 0 aliphatic carbocycles. The van der Waals surface area contributed by atoms with Gasteiger partial charge in [0, 0.05) is 56.1 Å². The predicted molar refractivity (Wildman–Crippen MR) is 128 cm³/mol. The fourth-order valence-corrected chi connectivity index (χ4v) is 6.78. The molecule has 2 aromatic rings. The lowest BCUT2D eigenvalue weighted by Gasteiger charge is -2.20. The van der Waals surface area contributed by atoms with E-state index in [-0.39, 0.29) is 29.7 Å². The van der Waals surface area contributed by atoms with E-state index in [0.717, 1.165) is 25.2 Å². The van der Waals surface area contributed by atoms with Gasteiger partial charge >= 0.3 is 0 Å². The van der Waals surface area contributed by atoms with Gasteiger partial charge in [0.2, 0.25) is 21.8 Å². The number of amides is 2. The van der Waals surface area contributed by atoms with Gasteiger partial charge in [-0.2, -0.15) is 4.31 Å². The van der Waals surface area contributed by atoms with Crippen LogP contribution in [0.25, 0.3) is 0 Å². The summed E-state index contributed by atoms with van der Waals surface area (Å²) in [7, 11) is -1.50. The number of carbonyl (C=O) groups is 2. The first-order chi connectivity index (χ1) is 15.7. The summed E-state index contributed by atoms with van der Waals surface area (Å²) in [5.74, 6) is -0.860. The van der Waals surface area contributed by atoms with Crippen molar-refractivity contribution in [1.29, 1.82) is 0 Å². The summed E-state index contributed by atoms with van der Waals surface area (Å²) in [6.45, 7) is 6.40. The Labute approximate surface area is 198 Å². The van der Waals surface area contributed by atoms with Crippen molar-refractivity contribution in [1.82, 2.24) is 14.2 Å². The molecule has 1 fully saturated rings. The van der Waals surface area contributed by atoms with Gasteiger partial charge in [0.1, 0.15) is 0 Å². The van der Waals surface area contributed by atoms with Crippen molar-refractivity contribution in [2.45, 2.75) is 38.1 Å². The topological polar surface area (TPSA) is 103 Å². The number of hydrogen-bond donors (Lipinski definition) is 1. The van der Waals surface area contributed by atoms with Crippen molar-refractivity contribution in [2.75, 3.05) is 43.4 Å². The number of nitrogens with one attached hydrogen (secondary N) is 1. The second-order valence-corrected chi connectivity index (χ2v) is 11.4. The lowest BCUT2D eigenvalue weighted by atomic mass is 10.1. The molecule has 1 aromatic carbocycles. The zero-order chi connectivity index (χ0) is 23.8. The summed E-state index contributed by atoms with van der Waals surface area (Å²) in [5, 5.41) is 3.47. The molecule has 2 amide bonds. The number of nitrogens with zero attached hydrogens (tertiary/aromatic N) is 4. The molecule has 3 heterocycles. The molecule has 33 heavy (non-hydrogen) atoms. The van der Waals surface area contributed by atoms with E-state index in [1.54, 1.807) is 30.9 Å². The number of fused-ring (bicyclic) bond motifs is 1. The molecule has 4 rings (SSSR count). The maximum atomic E-state index is 12.8. The first kappa shape index (κ1) is 23.8. The van der Waals surface area contributed by atoms with E-state index in [4.69, 9.17) is 0 Å². The molecule has 1 aromatic heterocycles. The van der Waals surface area contributed by atoms with E-state index in [2.05, 4.69) is 22.2 Å². The first-order valence-corrected chi connectivity index (χ1v) is 13.4. The van der Waals surface area contributed by atoms with Crippen LogP contribution in [0.3, 0.4) is 0 Å². The Morgan fingerprint density at radius 2 is 1.94 bits per heavy atom. The molecule has 0 radical (unpaired) electrons. The molecule has 1 N–H and O–H groups in total. The van der Waals surface area contributed by atoms with Crippen molar-refractivity contribution in [3.8, 4) is 0 Å². The first-order valence-electron chi connectivity index (χ1n) is 11.1. The van der Waals surface area contributed by atoms with Gasteiger partial charge in [-0.25, -0.2) is 13.4 Å². The number of benzene rings is 1. The highest BCUT2D eigenvalue weighted by atomic mass is 32.2. The highest BCUT2D eigenvalue weighted by Crippen LogP contribution is 2.30. The Morgan fingerprint density at radius 3 is 2.61 bits per heavy atom. The van der Waals surface area contributed by atoms with Crippen LogP contribution in [0.15, 0.2) is 29.2 Å². The Balaban J connectivity index is 1.42. The lowest BCUT2D eigenvalue weighted by Crippen LogP contribution is -2.31. The quantitative estimate of drug-likeness (QED) is 0.637. The Morgan fingerprint density at radius 1 is 1.24 bits per heavy atom. The Kier molecular flexibility index (Phi) is 6.85. The second-order valence-electron chi connectivity index (χ2n) is 8.35. The van der Waals surface area contributed by atoms with Gasteiger partial charge in [0.25, 0.3) is 0 Å². The van der Waals surface area contributed by atoms with Crippen LogP contribution in [-0.2, 0) is 32.6 Å². The fraction of sp³-hybridized carbons (Fsp3) is 0.500. The maximum Gasteiger partial charge on any atom is 0.243 e. The third kappa shape index (κ3) is 4.81. The minimum absolute atomic E-state index is 0.110. The van der Waals surface area contributed by atoms with E-state index in [1.807, 2.05) is 0 Å². The van der Waals surface area contributed by atoms with E-state index in [1.165, 1.54) is 32.7 Å². The summed E-state index contributed by atoms with van der Waals surface area (Å²) < 4.78 is 26.8. The largest absolute Gasteiger partial charge is 0.312 e. The van der Waals surface area contributed by atoms with Gasteiger partial charge in [-0.15, -0.1) is 11.3 Å². The molecule has 2 aliphatic rings. The molecule has 0 unspecified atom stereocenters. The van der Waals surface area contributed by atoms with Crippen molar-refractivity contribution < 1.29 is 18.0 Å². The maximum absolute atomic E-state index is 12.8. The molecule has 2 aliphatic heterocycles. The highest BCUT2D eigenvalue weighted by Gasteiger charge is 2.36. The van der Waals surface area contributed by atoms with Gasteiger partial charge in [0.15, 0.2) is 5.13 Å². The smallest absolute Gasteiger partial charge is 0.243 e.